The fourth-order valence-electron chi connectivity index (χ4n) is 3.71. The lowest BCUT2D eigenvalue weighted by molar-refractivity contribution is -0.942. The van der Waals surface area contributed by atoms with Crippen molar-refractivity contribution in [2.45, 2.75) is 45.3 Å². The van der Waals surface area contributed by atoms with Crippen molar-refractivity contribution in [2.24, 2.45) is 14.1 Å². The molecule has 0 aliphatic carbocycles. The molecule has 1 saturated heterocycles. The Hall–Kier alpha value is -2.42. The summed E-state index contributed by atoms with van der Waals surface area (Å²) in [7, 11) is 4.32. The van der Waals surface area contributed by atoms with Crippen molar-refractivity contribution in [3.8, 4) is 0 Å². The molecule has 142 valence electrons. The van der Waals surface area contributed by atoms with Crippen molar-refractivity contribution >= 4 is 17.1 Å². The number of esters is 1. The Morgan fingerprint density at radius 1 is 1.27 bits per heavy atom. The van der Waals surface area contributed by atoms with Crippen molar-refractivity contribution in [1.29, 1.82) is 0 Å². The summed E-state index contributed by atoms with van der Waals surface area (Å²) in [5.74, 6) is 0.176. The van der Waals surface area contributed by atoms with Crippen LogP contribution in [0.2, 0.25) is 0 Å². The van der Waals surface area contributed by atoms with Gasteiger partial charge < -0.3 is 14.2 Å². The summed E-state index contributed by atoms with van der Waals surface area (Å²) in [6.07, 6.45) is 3.52. The average Bonchev–Trinajstić information content (AvgIpc) is 2.98. The highest BCUT2D eigenvalue weighted by atomic mass is 16.5. The van der Waals surface area contributed by atoms with Crippen LogP contribution < -0.4 is 16.1 Å². The highest BCUT2D eigenvalue weighted by molar-refractivity contribution is 5.75. The number of fused-ring (bicyclic) bond motifs is 1. The molecule has 0 saturated carbocycles. The molecular weight excluding hydrogens is 338 g/mol. The molecule has 3 heterocycles. The van der Waals surface area contributed by atoms with E-state index in [4.69, 9.17) is 4.74 Å². The minimum atomic E-state index is -0.455. The van der Waals surface area contributed by atoms with E-state index < -0.39 is 17.2 Å². The fourth-order valence-corrected chi connectivity index (χ4v) is 3.71. The Labute approximate surface area is 150 Å². The topological polar surface area (TPSA) is 92.6 Å². The first kappa shape index (κ1) is 18.4. The maximum Gasteiger partial charge on any atom is 0.332 e. The first-order chi connectivity index (χ1) is 12.3. The molecule has 3 rings (SSSR count). The molecule has 9 nitrogen and oxygen atoms in total. The van der Waals surface area contributed by atoms with Gasteiger partial charge in [-0.1, -0.05) is 0 Å². The van der Waals surface area contributed by atoms with E-state index >= 15 is 0 Å². The maximum absolute atomic E-state index is 12.7. The summed E-state index contributed by atoms with van der Waals surface area (Å²) in [6.45, 7) is 3.73. The number of likely N-dealkylation sites (tertiary alicyclic amines) is 1. The first-order valence-corrected chi connectivity index (χ1v) is 8.91. The number of hydrogen-bond donors (Lipinski definition) is 1. The predicted octanol–water partition coefficient (Wildman–Crippen LogP) is -1.44. The number of piperidine rings is 1. The molecule has 2 atom stereocenters. The van der Waals surface area contributed by atoms with Crippen LogP contribution in [-0.4, -0.2) is 44.4 Å². The van der Waals surface area contributed by atoms with Gasteiger partial charge in [-0.2, -0.15) is 0 Å². The quantitative estimate of drug-likeness (QED) is 0.671. The maximum atomic E-state index is 12.7. The van der Waals surface area contributed by atoms with Gasteiger partial charge in [0.25, 0.3) is 5.56 Å². The van der Waals surface area contributed by atoms with Gasteiger partial charge in [0.1, 0.15) is 13.1 Å². The third-order valence-corrected chi connectivity index (χ3v) is 5.41. The number of carbonyl (C=O) groups excluding carboxylic acids is 1. The van der Waals surface area contributed by atoms with Gasteiger partial charge in [0.2, 0.25) is 0 Å². The van der Waals surface area contributed by atoms with E-state index in [1.54, 1.807) is 11.6 Å². The number of ether oxygens (including phenoxy) is 1. The number of imidazole rings is 1. The molecule has 0 radical (unpaired) electrons. The molecule has 1 N–H and O–H groups in total. The van der Waals surface area contributed by atoms with E-state index in [0.29, 0.717) is 24.1 Å². The van der Waals surface area contributed by atoms with Crippen molar-refractivity contribution < 1.29 is 14.4 Å². The largest absolute Gasteiger partial charge is 0.468 e. The van der Waals surface area contributed by atoms with Crippen LogP contribution >= 0.6 is 0 Å². The van der Waals surface area contributed by atoms with Gasteiger partial charge in [-0.05, 0) is 26.2 Å². The lowest BCUT2D eigenvalue weighted by Gasteiger charge is -2.29. The zero-order valence-electron chi connectivity index (χ0n) is 15.7. The van der Waals surface area contributed by atoms with Crippen LogP contribution in [0.5, 0.6) is 0 Å². The minimum absolute atomic E-state index is 0.0998. The molecule has 0 bridgehead atoms. The second kappa shape index (κ2) is 7.06. The van der Waals surface area contributed by atoms with Crippen molar-refractivity contribution in [3.63, 3.8) is 0 Å². The van der Waals surface area contributed by atoms with E-state index in [2.05, 4.69) is 11.9 Å². The summed E-state index contributed by atoms with van der Waals surface area (Å²) < 4.78 is 8.79. The van der Waals surface area contributed by atoms with Crippen LogP contribution in [0.25, 0.3) is 11.2 Å². The number of nitrogens with zero attached hydrogens (tertiary/aromatic N) is 4. The van der Waals surface area contributed by atoms with Crippen molar-refractivity contribution in [1.82, 2.24) is 18.7 Å². The van der Waals surface area contributed by atoms with Crippen LogP contribution in [0.15, 0.2) is 9.59 Å². The lowest BCUT2D eigenvalue weighted by atomic mass is 10.0. The summed E-state index contributed by atoms with van der Waals surface area (Å²) in [6, 6.07) is 0.488. The smallest absolute Gasteiger partial charge is 0.332 e. The van der Waals surface area contributed by atoms with Crippen LogP contribution in [0.1, 0.15) is 32.0 Å². The average molecular weight is 364 g/mol. The molecule has 1 unspecified atom stereocenters. The molecule has 0 spiro atoms. The third kappa shape index (κ3) is 3.07. The standard InChI is InChI=1S/C17H25N5O4/c1-11-7-5-6-8-21(11)9-12-18-15-14(22(12)10-13(23)26-4)16(24)20(3)17(25)19(15)2/h11H,5-10H2,1-4H3/p+1/t11-/m1/s1. The van der Waals surface area contributed by atoms with E-state index in [9.17, 15) is 14.4 Å². The fraction of sp³-hybridized carbons (Fsp3) is 0.647. The van der Waals surface area contributed by atoms with Crippen molar-refractivity contribution in [2.75, 3.05) is 13.7 Å². The highest BCUT2D eigenvalue weighted by Crippen LogP contribution is 2.12. The van der Waals surface area contributed by atoms with Gasteiger partial charge in [0.05, 0.1) is 19.7 Å². The van der Waals surface area contributed by atoms with Gasteiger partial charge in [-0.15, -0.1) is 0 Å². The number of aromatic nitrogens is 4. The Bertz CT molecular complexity index is 955. The molecule has 1 aliphatic heterocycles. The third-order valence-electron chi connectivity index (χ3n) is 5.41. The second-order valence-corrected chi connectivity index (χ2v) is 7.05. The molecule has 0 amide bonds. The Morgan fingerprint density at radius 2 is 2.00 bits per heavy atom. The van der Waals surface area contributed by atoms with Crippen LogP contribution in [0.3, 0.4) is 0 Å². The lowest BCUT2D eigenvalue weighted by Crippen LogP contribution is -3.15. The van der Waals surface area contributed by atoms with E-state index in [1.807, 2.05) is 0 Å². The van der Waals surface area contributed by atoms with Crippen LogP contribution in [-0.2, 0) is 36.7 Å². The molecule has 1 aliphatic rings. The zero-order chi connectivity index (χ0) is 19.0. The van der Waals surface area contributed by atoms with Gasteiger partial charge in [0.15, 0.2) is 17.0 Å². The van der Waals surface area contributed by atoms with Crippen molar-refractivity contribution in [3.05, 3.63) is 26.7 Å². The molecule has 26 heavy (non-hydrogen) atoms. The number of hydrogen-bond acceptors (Lipinski definition) is 5. The van der Waals surface area contributed by atoms with E-state index in [1.165, 1.54) is 30.0 Å². The molecule has 1 fully saturated rings. The summed E-state index contributed by atoms with van der Waals surface area (Å²) >= 11 is 0. The molecule has 0 aromatic carbocycles. The minimum Gasteiger partial charge on any atom is -0.468 e. The zero-order valence-corrected chi connectivity index (χ0v) is 15.7. The number of rotatable bonds is 4. The van der Waals surface area contributed by atoms with E-state index in [-0.39, 0.29) is 12.1 Å². The van der Waals surface area contributed by atoms with Gasteiger partial charge in [-0.3, -0.25) is 18.7 Å². The van der Waals surface area contributed by atoms with Crippen LogP contribution in [0, 0.1) is 0 Å². The molecular formula is C17H26N5O4+. The summed E-state index contributed by atoms with van der Waals surface area (Å²) in [5, 5.41) is 0. The SMILES string of the molecule is COC(=O)Cn1c(C[NH+]2CCCC[C@H]2C)nc2c1c(=O)n(C)c(=O)n2C. The van der Waals surface area contributed by atoms with Gasteiger partial charge >= 0.3 is 11.7 Å². The Balaban J connectivity index is 2.17. The number of aryl methyl sites for hydroxylation is 1. The first-order valence-electron chi connectivity index (χ1n) is 8.91. The molecule has 2 aromatic heterocycles. The van der Waals surface area contributed by atoms with Gasteiger partial charge in [-0.25, -0.2) is 9.78 Å². The van der Waals surface area contributed by atoms with Crippen LogP contribution in [0.4, 0.5) is 0 Å². The van der Waals surface area contributed by atoms with Gasteiger partial charge in [0, 0.05) is 14.1 Å². The number of carbonyl (C=O) groups is 1. The predicted molar refractivity (Wildman–Crippen MR) is 95.1 cm³/mol. The molecule has 2 aromatic rings. The number of quaternary nitrogens is 1. The normalized spacial score (nSPS) is 20.5. The number of nitrogens with one attached hydrogen (secondary N) is 1. The van der Waals surface area contributed by atoms with E-state index in [0.717, 1.165) is 24.0 Å². The Morgan fingerprint density at radius 3 is 2.65 bits per heavy atom. The second-order valence-electron chi connectivity index (χ2n) is 7.05. The summed E-state index contributed by atoms with van der Waals surface area (Å²) in [4.78, 5) is 42.8. The summed E-state index contributed by atoms with van der Waals surface area (Å²) in [5.41, 5.74) is -0.317. The number of methoxy groups -OCH3 is 1. The highest BCUT2D eigenvalue weighted by Gasteiger charge is 2.27. The molecule has 9 heteroatoms. The monoisotopic (exact) mass is 364 g/mol. The Kier molecular flexibility index (Phi) is 4.99.